The molecule has 0 saturated carbocycles. The second-order valence-corrected chi connectivity index (χ2v) is 3.20. The predicted octanol–water partition coefficient (Wildman–Crippen LogP) is 2.35. The molecule has 0 aromatic carbocycles. The maximum absolute atomic E-state index is 12.6. The maximum Gasteiger partial charge on any atom is 0.268 e. The summed E-state index contributed by atoms with van der Waals surface area (Å²) in [6.45, 7) is 0. The minimum absolute atomic E-state index is 0.0718. The molecule has 0 aliphatic carbocycles. The summed E-state index contributed by atoms with van der Waals surface area (Å²) in [6.07, 6.45) is -2.85. The number of rotatable bonds is 1. The van der Waals surface area contributed by atoms with E-state index in [0.717, 1.165) is 6.07 Å². The molecule has 1 rings (SSSR count). The Morgan fingerprint density at radius 1 is 1.50 bits per heavy atom. The quantitative estimate of drug-likeness (QED) is 0.636. The highest BCUT2D eigenvalue weighted by Gasteiger charge is 2.16. The molecule has 2 nitrogen and oxygen atoms in total. The van der Waals surface area contributed by atoms with Gasteiger partial charge in [0.05, 0.1) is 9.13 Å². The number of pyridine rings is 1. The summed E-state index contributed by atoms with van der Waals surface area (Å²) in [4.78, 5) is 3.12. The first kappa shape index (κ1) is 9.56. The number of nitrogens with two attached hydrogens (primary N) is 1. The molecule has 1 aromatic heterocycles. The zero-order chi connectivity index (χ0) is 9.30. The van der Waals surface area contributed by atoms with Crippen LogP contribution in [0.1, 0.15) is 12.0 Å². The van der Waals surface area contributed by atoms with E-state index in [-0.39, 0.29) is 5.82 Å². The number of nitrogens with zero attached hydrogens (tertiary/aromatic N) is 1. The lowest BCUT2D eigenvalue weighted by molar-refractivity contribution is 0.145. The van der Waals surface area contributed by atoms with E-state index in [1.807, 2.05) is 0 Å². The molecule has 0 fully saturated rings. The van der Waals surface area contributed by atoms with Crippen molar-refractivity contribution in [1.29, 1.82) is 0 Å². The normalized spacial score (nSPS) is 10.8. The van der Waals surface area contributed by atoms with Crippen LogP contribution in [0.2, 0.25) is 0 Å². The van der Waals surface area contributed by atoms with Crippen molar-refractivity contribution in [2.45, 2.75) is 6.43 Å². The van der Waals surface area contributed by atoms with Gasteiger partial charge in [0.1, 0.15) is 5.82 Å². The summed E-state index contributed by atoms with van der Waals surface area (Å²) in [5.41, 5.74) is 4.47. The van der Waals surface area contributed by atoms with Gasteiger partial charge in [-0.15, -0.1) is 0 Å². The number of hydrogen-bond acceptors (Lipinski definition) is 2. The van der Waals surface area contributed by atoms with Crippen LogP contribution >= 0.6 is 22.6 Å². The number of anilines is 1. The lowest BCUT2D eigenvalue weighted by atomic mass is 10.3. The molecular formula is C6H4F3IN2. The van der Waals surface area contributed by atoms with E-state index in [1.54, 1.807) is 22.6 Å². The van der Waals surface area contributed by atoms with Crippen LogP contribution in [0.5, 0.6) is 0 Å². The molecule has 0 aliphatic heterocycles. The molecule has 66 valence electrons. The van der Waals surface area contributed by atoms with Crippen molar-refractivity contribution >= 4 is 28.4 Å². The molecule has 0 saturated heterocycles. The molecule has 0 amide bonds. The van der Waals surface area contributed by atoms with Crippen LogP contribution in [-0.2, 0) is 0 Å². The largest absolute Gasteiger partial charge is 0.383 e. The van der Waals surface area contributed by atoms with Gasteiger partial charge >= 0.3 is 0 Å². The first-order valence-corrected chi connectivity index (χ1v) is 4.00. The molecule has 12 heavy (non-hydrogen) atoms. The van der Waals surface area contributed by atoms with E-state index < -0.39 is 17.9 Å². The highest BCUT2D eigenvalue weighted by Crippen LogP contribution is 2.24. The average molecular weight is 288 g/mol. The van der Waals surface area contributed by atoms with Gasteiger partial charge in [-0.3, -0.25) is 0 Å². The highest BCUT2D eigenvalue weighted by atomic mass is 127. The number of hydrogen-bond donors (Lipinski definition) is 1. The van der Waals surface area contributed by atoms with Crippen molar-refractivity contribution in [2.24, 2.45) is 0 Å². The van der Waals surface area contributed by atoms with Crippen molar-refractivity contribution in [1.82, 2.24) is 4.98 Å². The van der Waals surface area contributed by atoms with Gasteiger partial charge in [0, 0.05) is 0 Å². The zero-order valence-electron chi connectivity index (χ0n) is 5.69. The van der Waals surface area contributed by atoms with Gasteiger partial charge in [0.2, 0.25) is 5.95 Å². The fraction of sp³-hybridized carbons (Fsp3) is 0.167. The fourth-order valence-corrected chi connectivity index (χ4v) is 1.10. The van der Waals surface area contributed by atoms with Crippen molar-refractivity contribution in [2.75, 3.05) is 5.73 Å². The SMILES string of the molecule is Nc1nc(F)c(C(F)F)cc1I. The number of alkyl halides is 2. The Morgan fingerprint density at radius 3 is 2.58 bits per heavy atom. The third-order valence-electron chi connectivity index (χ3n) is 1.22. The van der Waals surface area contributed by atoms with Crippen molar-refractivity contribution in [3.63, 3.8) is 0 Å². The second-order valence-electron chi connectivity index (χ2n) is 2.04. The molecule has 0 radical (unpaired) electrons. The highest BCUT2D eigenvalue weighted by molar-refractivity contribution is 14.1. The van der Waals surface area contributed by atoms with Gasteiger partial charge in [-0.1, -0.05) is 0 Å². The van der Waals surface area contributed by atoms with Gasteiger partial charge in [-0.05, 0) is 28.7 Å². The molecule has 0 bridgehead atoms. The zero-order valence-corrected chi connectivity index (χ0v) is 7.85. The van der Waals surface area contributed by atoms with Gasteiger partial charge in [-0.25, -0.2) is 13.8 Å². The van der Waals surface area contributed by atoms with Crippen LogP contribution in [0.4, 0.5) is 19.0 Å². The fourth-order valence-electron chi connectivity index (χ4n) is 0.647. The topological polar surface area (TPSA) is 38.9 Å². The van der Waals surface area contributed by atoms with Crippen molar-refractivity contribution in [3.8, 4) is 0 Å². The summed E-state index contributed by atoms with van der Waals surface area (Å²) in [7, 11) is 0. The molecule has 1 heterocycles. The molecule has 0 spiro atoms. The minimum atomic E-state index is -2.85. The first-order valence-electron chi connectivity index (χ1n) is 2.92. The smallest absolute Gasteiger partial charge is 0.268 e. The number of aromatic nitrogens is 1. The van der Waals surface area contributed by atoms with Crippen LogP contribution in [0.15, 0.2) is 6.07 Å². The van der Waals surface area contributed by atoms with Gasteiger partial charge in [0.15, 0.2) is 0 Å². The Kier molecular flexibility index (Phi) is 2.76. The summed E-state index contributed by atoms with van der Waals surface area (Å²) in [6, 6.07) is 0.989. The summed E-state index contributed by atoms with van der Waals surface area (Å²) in [5, 5.41) is 0. The average Bonchev–Trinajstić information content (AvgIpc) is 1.96. The molecule has 2 N–H and O–H groups in total. The Balaban J connectivity index is 3.23. The summed E-state index contributed by atoms with van der Waals surface area (Å²) < 4.78 is 37.0. The van der Waals surface area contributed by atoms with E-state index in [4.69, 9.17) is 5.73 Å². The van der Waals surface area contributed by atoms with E-state index in [2.05, 4.69) is 4.98 Å². The summed E-state index contributed by atoms with van der Waals surface area (Å²) in [5.74, 6) is -1.28. The van der Waals surface area contributed by atoms with E-state index in [1.165, 1.54) is 0 Å². The Labute approximate surface area is 80.1 Å². The maximum atomic E-state index is 12.6. The number of nitrogen functional groups attached to an aromatic ring is 1. The van der Waals surface area contributed by atoms with E-state index >= 15 is 0 Å². The van der Waals surface area contributed by atoms with Crippen LogP contribution in [0, 0.1) is 9.52 Å². The van der Waals surface area contributed by atoms with Gasteiger partial charge in [0.25, 0.3) is 6.43 Å². The Morgan fingerprint density at radius 2 is 2.08 bits per heavy atom. The summed E-state index contributed by atoms with van der Waals surface area (Å²) >= 11 is 1.71. The Hall–Kier alpha value is -0.530. The first-order chi connectivity index (χ1) is 5.52. The van der Waals surface area contributed by atoms with E-state index in [0.29, 0.717) is 3.57 Å². The second kappa shape index (κ2) is 3.46. The van der Waals surface area contributed by atoms with Crippen LogP contribution < -0.4 is 5.73 Å². The van der Waals surface area contributed by atoms with Crippen LogP contribution in [0.3, 0.4) is 0 Å². The minimum Gasteiger partial charge on any atom is -0.383 e. The Bertz CT molecular complexity index is 303. The van der Waals surface area contributed by atoms with Crippen molar-refractivity contribution < 1.29 is 13.2 Å². The lowest BCUT2D eigenvalue weighted by Gasteiger charge is -2.03. The molecule has 6 heteroatoms. The predicted molar refractivity (Wildman–Crippen MR) is 46.3 cm³/mol. The molecule has 0 aliphatic rings. The third-order valence-corrected chi connectivity index (χ3v) is 2.08. The molecule has 0 atom stereocenters. The van der Waals surface area contributed by atoms with Gasteiger partial charge < -0.3 is 5.73 Å². The third kappa shape index (κ3) is 1.79. The number of halogens is 4. The van der Waals surface area contributed by atoms with E-state index in [9.17, 15) is 13.2 Å². The molecule has 1 aromatic rings. The van der Waals surface area contributed by atoms with Crippen LogP contribution in [0.25, 0.3) is 0 Å². The molecule has 0 unspecified atom stereocenters. The standard InChI is InChI=1S/C6H4F3IN2/c7-4(8)2-1-3(10)6(11)12-5(2)9/h1,4H,(H2,11,12). The van der Waals surface area contributed by atoms with Crippen molar-refractivity contribution in [3.05, 3.63) is 21.1 Å². The van der Waals surface area contributed by atoms with Gasteiger partial charge in [-0.2, -0.15) is 4.39 Å². The van der Waals surface area contributed by atoms with Crippen LogP contribution in [-0.4, -0.2) is 4.98 Å². The molecular weight excluding hydrogens is 284 g/mol. The monoisotopic (exact) mass is 288 g/mol. The lowest BCUT2D eigenvalue weighted by Crippen LogP contribution is -2.01.